The fourth-order valence-corrected chi connectivity index (χ4v) is 5.40. The minimum Gasteiger partial charge on any atom is -0.489 e. The number of ether oxygens (including phenoxy) is 2. The van der Waals surface area contributed by atoms with Crippen molar-refractivity contribution in [1.82, 2.24) is 28.9 Å². The number of hydrogen-bond donors (Lipinski definition) is 0. The van der Waals surface area contributed by atoms with Crippen LogP contribution in [-0.4, -0.2) is 79.0 Å². The van der Waals surface area contributed by atoms with Crippen LogP contribution in [0.5, 0.6) is 5.75 Å². The molecule has 1 aliphatic rings. The molecule has 1 fully saturated rings. The monoisotopic (exact) mass is 634 g/mol. The summed E-state index contributed by atoms with van der Waals surface area (Å²) in [6.45, 7) is 4.80. The highest BCUT2D eigenvalue weighted by atomic mass is 16.6. The molecule has 1 saturated heterocycles. The third kappa shape index (κ3) is 6.91. The number of nitrogens with zero attached hydrogens (tertiary/aromatic N) is 6. The number of fused-ring (bicyclic) bond motifs is 1. The van der Waals surface area contributed by atoms with E-state index in [-0.39, 0.29) is 62.7 Å². The van der Waals surface area contributed by atoms with E-state index in [1.54, 1.807) is 75.6 Å². The van der Waals surface area contributed by atoms with Crippen molar-refractivity contribution in [2.75, 3.05) is 26.2 Å². The van der Waals surface area contributed by atoms with Gasteiger partial charge in [-0.3, -0.25) is 19.0 Å². The van der Waals surface area contributed by atoms with Crippen molar-refractivity contribution in [1.29, 1.82) is 0 Å². The fourth-order valence-electron chi connectivity index (χ4n) is 5.40. The number of ketones is 1. The van der Waals surface area contributed by atoms with Gasteiger partial charge in [0.25, 0.3) is 11.5 Å². The molecule has 5 aromatic rings. The van der Waals surface area contributed by atoms with Crippen LogP contribution < -0.4 is 10.3 Å². The summed E-state index contributed by atoms with van der Waals surface area (Å²) < 4.78 is 14.4. The summed E-state index contributed by atoms with van der Waals surface area (Å²) in [5, 5.41) is 0.306. The topological polar surface area (TPSA) is 129 Å². The number of carbonyl (C=O) groups excluding carboxylic acids is 3. The largest absolute Gasteiger partial charge is 0.489 e. The standard InChI is InChI=1S/C35H34N6O6/c1-24(2)47-31-13-12-26(30(42)21-38-15-14-36-23-38)20-29(31)41-32(37-28-11-7-6-10-27(28)33(41)43)34(44)39-16-18-40(19-17-39)35(45)46-22-25-8-4-3-5-9-25/h3-15,20,23-24H,16-19,21-22H2,1-2H3. The molecule has 0 spiro atoms. The Bertz CT molecular complexity index is 1960. The van der Waals surface area contributed by atoms with Crippen LogP contribution in [0.3, 0.4) is 0 Å². The Morgan fingerprint density at radius 3 is 2.34 bits per heavy atom. The maximum atomic E-state index is 14.2. The van der Waals surface area contributed by atoms with Crippen molar-refractivity contribution in [2.24, 2.45) is 0 Å². The minimum absolute atomic E-state index is 0.0402. The van der Waals surface area contributed by atoms with Gasteiger partial charge in [-0.2, -0.15) is 0 Å². The summed E-state index contributed by atoms with van der Waals surface area (Å²) in [7, 11) is 0. The number of benzene rings is 3. The Balaban J connectivity index is 1.32. The van der Waals surface area contributed by atoms with E-state index in [9.17, 15) is 19.2 Å². The Kier molecular flexibility index (Phi) is 9.09. The molecule has 0 unspecified atom stereocenters. The first-order chi connectivity index (χ1) is 22.8. The molecule has 3 heterocycles. The maximum Gasteiger partial charge on any atom is 0.410 e. The predicted octanol–water partition coefficient (Wildman–Crippen LogP) is 4.35. The normalized spacial score (nSPS) is 13.2. The molecular weight excluding hydrogens is 600 g/mol. The molecule has 6 rings (SSSR count). The summed E-state index contributed by atoms with van der Waals surface area (Å²) in [4.78, 5) is 66.2. The van der Waals surface area contributed by atoms with Crippen molar-refractivity contribution in [2.45, 2.75) is 33.1 Å². The number of hydrogen-bond acceptors (Lipinski definition) is 8. The lowest BCUT2D eigenvalue weighted by atomic mass is 10.1. The highest BCUT2D eigenvalue weighted by Gasteiger charge is 2.30. The predicted molar refractivity (Wildman–Crippen MR) is 174 cm³/mol. The molecular formula is C35H34N6O6. The third-order valence-corrected chi connectivity index (χ3v) is 7.77. The van der Waals surface area contributed by atoms with E-state index in [1.165, 1.54) is 4.57 Å². The maximum absolute atomic E-state index is 14.2. The highest BCUT2D eigenvalue weighted by molar-refractivity contribution is 5.97. The summed E-state index contributed by atoms with van der Waals surface area (Å²) in [6.07, 6.45) is 4.09. The van der Waals surface area contributed by atoms with Gasteiger partial charge in [-0.15, -0.1) is 0 Å². The number of amides is 2. The number of piperazine rings is 1. The van der Waals surface area contributed by atoms with Crippen molar-refractivity contribution in [3.05, 3.63) is 119 Å². The van der Waals surface area contributed by atoms with Crippen LogP contribution in [0.1, 0.15) is 40.4 Å². The average molecular weight is 635 g/mol. The summed E-state index contributed by atoms with van der Waals surface area (Å²) in [5.74, 6) is -0.513. The van der Waals surface area contributed by atoms with E-state index >= 15 is 0 Å². The summed E-state index contributed by atoms with van der Waals surface area (Å²) in [6, 6.07) is 21.0. The fraction of sp³-hybridized carbons (Fsp3) is 0.257. The summed E-state index contributed by atoms with van der Waals surface area (Å²) >= 11 is 0. The average Bonchev–Trinajstić information content (AvgIpc) is 3.60. The van der Waals surface area contributed by atoms with Gasteiger partial charge in [-0.25, -0.2) is 14.8 Å². The van der Waals surface area contributed by atoms with Crippen LogP contribution in [0, 0.1) is 0 Å². The van der Waals surface area contributed by atoms with Crippen LogP contribution in [0.2, 0.25) is 0 Å². The molecule has 1 aliphatic heterocycles. The van der Waals surface area contributed by atoms with E-state index in [0.717, 1.165) is 5.56 Å². The Hall–Kier alpha value is -5.78. The van der Waals surface area contributed by atoms with Gasteiger partial charge in [0.05, 0.1) is 35.6 Å². The molecule has 0 radical (unpaired) electrons. The molecule has 240 valence electrons. The highest BCUT2D eigenvalue weighted by Crippen LogP contribution is 2.27. The molecule has 12 nitrogen and oxygen atoms in total. The van der Waals surface area contributed by atoms with Crippen LogP contribution in [-0.2, 0) is 17.9 Å². The molecule has 0 aliphatic carbocycles. The number of para-hydroxylation sites is 1. The Morgan fingerprint density at radius 2 is 1.62 bits per heavy atom. The van der Waals surface area contributed by atoms with Gasteiger partial charge in [0.1, 0.15) is 12.4 Å². The van der Waals surface area contributed by atoms with E-state index in [2.05, 4.69) is 9.97 Å². The smallest absolute Gasteiger partial charge is 0.410 e. The quantitative estimate of drug-likeness (QED) is 0.219. The van der Waals surface area contributed by atoms with Gasteiger partial charge in [-0.05, 0) is 49.7 Å². The zero-order valence-electron chi connectivity index (χ0n) is 26.1. The number of carbonyl (C=O) groups is 3. The van der Waals surface area contributed by atoms with E-state index in [1.807, 2.05) is 44.2 Å². The lowest BCUT2D eigenvalue weighted by Gasteiger charge is -2.34. The number of rotatable bonds is 9. The number of Topliss-reactive ketones (excluding diaryl/α,β-unsaturated/α-hetero) is 1. The second-order valence-corrected chi connectivity index (χ2v) is 11.4. The Morgan fingerprint density at radius 1 is 0.894 bits per heavy atom. The first-order valence-corrected chi connectivity index (χ1v) is 15.3. The van der Waals surface area contributed by atoms with Gasteiger partial charge in [0.15, 0.2) is 5.78 Å². The van der Waals surface area contributed by atoms with Gasteiger partial charge in [0.2, 0.25) is 5.82 Å². The van der Waals surface area contributed by atoms with Gasteiger partial charge < -0.3 is 23.8 Å². The van der Waals surface area contributed by atoms with Crippen LogP contribution in [0.4, 0.5) is 4.79 Å². The van der Waals surface area contributed by atoms with Crippen molar-refractivity contribution in [3.8, 4) is 11.4 Å². The van der Waals surface area contributed by atoms with E-state index in [0.29, 0.717) is 22.2 Å². The van der Waals surface area contributed by atoms with Gasteiger partial charge in [0, 0.05) is 44.1 Å². The van der Waals surface area contributed by atoms with Crippen molar-refractivity contribution in [3.63, 3.8) is 0 Å². The Labute approximate surface area is 270 Å². The first-order valence-electron chi connectivity index (χ1n) is 15.3. The molecule has 0 atom stereocenters. The molecule has 47 heavy (non-hydrogen) atoms. The van der Waals surface area contributed by atoms with Gasteiger partial charge >= 0.3 is 6.09 Å². The van der Waals surface area contributed by atoms with Crippen molar-refractivity contribution < 1.29 is 23.9 Å². The molecule has 0 N–H and O–H groups in total. The molecule has 12 heteroatoms. The van der Waals surface area contributed by atoms with E-state index in [4.69, 9.17) is 9.47 Å². The minimum atomic E-state index is -0.490. The first kappa shape index (κ1) is 31.2. The van der Waals surface area contributed by atoms with Crippen LogP contribution in [0.25, 0.3) is 16.6 Å². The van der Waals surface area contributed by atoms with Crippen LogP contribution in [0.15, 0.2) is 96.3 Å². The summed E-state index contributed by atoms with van der Waals surface area (Å²) in [5.41, 5.74) is 1.31. The number of aromatic nitrogens is 4. The third-order valence-electron chi connectivity index (χ3n) is 7.77. The molecule has 0 saturated carbocycles. The van der Waals surface area contributed by atoms with Crippen molar-refractivity contribution >= 4 is 28.7 Å². The SMILES string of the molecule is CC(C)Oc1ccc(C(=O)Cn2ccnc2)cc1-n1c(C(=O)N2CCN(C(=O)OCc3ccccc3)CC2)nc2ccccc2c1=O. The lowest BCUT2D eigenvalue weighted by molar-refractivity contribution is 0.0533. The molecule has 2 aromatic heterocycles. The second-order valence-electron chi connectivity index (χ2n) is 11.4. The second kappa shape index (κ2) is 13.7. The number of imidazole rings is 1. The zero-order valence-corrected chi connectivity index (χ0v) is 26.1. The van der Waals surface area contributed by atoms with Crippen LogP contribution >= 0.6 is 0 Å². The molecule has 2 amide bonds. The van der Waals surface area contributed by atoms with E-state index < -0.39 is 17.6 Å². The zero-order chi connectivity index (χ0) is 32.9. The van der Waals surface area contributed by atoms with Gasteiger partial charge in [-0.1, -0.05) is 42.5 Å². The molecule has 3 aromatic carbocycles. The molecule has 0 bridgehead atoms. The lowest BCUT2D eigenvalue weighted by Crippen LogP contribution is -2.51.